The summed E-state index contributed by atoms with van der Waals surface area (Å²) in [6.45, 7) is 0.869. The molecule has 1 aliphatic heterocycles. The van der Waals surface area contributed by atoms with Crippen LogP contribution in [0, 0.1) is 11.3 Å². The van der Waals surface area contributed by atoms with E-state index in [1.54, 1.807) is 0 Å². The van der Waals surface area contributed by atoms with E-state index in [2.05, 4.69) is 24.3 Å². The van der Waals surface area contributed by atoms with Crippen LogP contribution in [0.25, 0.3) is 0 Å². The topological polar surface area (TPSA) is 33.0 Å². The van der Waals surface area contributed by atoms with E-state index in [-0.39, 0.29) is 5.41 Å². The van der Waals surface area contributed by atoms with Gasteiger partial charge in [-0.05, 0) is 43.2 Å². The minimum Gasteiger partial charge on any atom is -0.378 e. The molecular weight excluding hydrogens is 210 g/mol. The fourth-order valence-electron chi connectivity index (χ4n) is 3.26. The van der Waals surface area contributed by atoms with E-state index in [1.165, 1.54) is 11.1 Å². The fraction of sp³-hybridized carbons (Fsp3) is 0.533. The zero-order chi connectivity index (χ0) is 11.7. The van der Waals surface area contributed by atoms with Gasteiger partial charge < -0.3 is 4.74 Å². The number of hydrogen-bond donors (Lipinski definition) is 0. The molecule has 2 atom stereocenters. The summed E-state index contributed by atoms with van der Waals surface area (Å²) in [5.41, 5.74) is 2.32. The van der Waals surface area contributed by atoms with E-state index < -0.39 is 0 Å². The molecule has 3 rings (SSSR count). The van der Waals surface area contributed by atoms with Crippen LogP contribution >= 0.6 is 0 Å². The Kier molecular flexibility index (Phi) is 2.64. The maximum absolute atomic E-state index is 9.62. The van der Waals surface area contributed by atoms with Crippen LogP contribution in [0.1, 0.15) is 36.8 Å². The number of benzene rings is 1. The predicted octanol–water partition coefficient (Wildman–Crippen LogP) is 2.96. The fourth-order valence-corrected chi connectivity index (χ4v) is 3.26. The minimum atomic E-state index is -0.286. The summed E-state index contributed by atoms with van der Waals surface area (Å²) in [6, 6.07) is 11.0. The Hall–Kier alpha value is -1.33. The molecule has 1 aromatic carbocycles. The third-order valence-electron chi connectivity index (χ3n) is 4.17. The van der Waals surface area contributed by atoms with E-state index in [9.17, 15) is 5.26 Å². The van der Waals surface area contributed by atoms with Gasteiger partial charge in [0, 0.05) is 6.61 Å². The molecule has 1 saturated heterocycles. The van der Waals surface area contributed by atoms with E-state index in [4.69, 9.17) is 4.74 Å². The van der Waals surface area contributed by atoms with Gasteiger partial charge in [-0.25, -0.2) is 0 Å². The SMILES string of the molecule is N#CC1(CC2CCCO2)CCc2ccccc21. The van der Waals surface area contributed by atoms with Crippen LogP contribution in [0.3, 0.4) is 0 Å². The number of ether oxygens (including phenoxy) is 1. The number of nitrogens with zero attached hydrogens (tertiary/aromatic N) is 1. The molecule has 0 amide bonds. The smallest absolute Gasteiger partial charge is 0.0852 e. The van der Waals surface area contributed by atoms with E-state index >= 15 is 0 Å². The summed E-state index contributed by atoms with van der Waals surface area (Å²) < 4.78 is 5.71. The first-order valence-corrected chi connectivity index (χ1v) is 6.45. The Morgan fingerprint density at radius 1 is 1.41 bits per heavy atom. The number of nitriles is 1. The van der Waals surface area contributed by atoms with Gasteiger partial charge in [-0.2, -0.15) is 5.26 Å². The Morgan fingerprint density at radius 2 is 2.29 bits per heavy atom. The molecule has 0 N–H and O–H groups in total. The first-order valence-electron chi connectivity index (χ1n) is 6.45. The van der Waals surface area contributed by atoms with Gasteiger partial charge in [0.2, 0.25) is 0 Å². The summed E-state index contributed by atoms with van der Waals surface area (Å²) in [4.78, 5) is 0. The van der Waals surface area contributed by atoms with Crippen molar-refractivity contribution < 1.29 is 4.74 Å². The van der Waals surface area contributed by atoms with E-state index in [0.29, 0.717) is 6.10 Å². The third-order valence-corrected chi connectivity index (χ3v) is 4.17. The largest absolute Gasteiger partial charge is 0.378 e. The zero-order valence-corrected chi connectivity index (χ0v) is 9.98. The molecule has 1 heterocycles. The first kappa shape index (κ1) is 10.8. The van der Waals surface area contributed by atoms with Gasteiger partial charge in [0.1, 0.15) is 0 Å². The van der Waals surface area contributed by atoms with Crippen molar-refractivity contribution in [3.63, 3.8) is 0 Å². The van der Waals surface area contributed by atoms with Gasteiger partial charge in [0.25, 0.3) is 0 Å². The van der Waals surface area contributed by atoms with Crippen LogP contribution in [0.15, 0.2) is 24.3 Å². The molecule has 0 aromatic heterocycles. The number of aryl methyl sites for hydroxylation is 1. The van der Waals surface area contributed by atoms with Crippen molar-refractivity contribution in [2.75, 3.05) is 6.61 Å². The van der Waals surface area contributed by atoms with Crippen molar-refractivity contribution in [3.8, 4) is 6.07 Å². The highest BCUT2D eigenvalue weighted by molar-refractivity contribution is 5.44. The molecule has 88 valence electrons. The van der Waals surface area contributed by atoms with Crippen molar-refractivity contribution in [2.45, 2.75) is 43.6 Å². The summed E-state index contributed by atoms with van der Waals surface area (Å²) >= 11 is 0. The highest BCUT2D eigenvalue weighted by Gasteiger charge is 2.41. The Labute approximate surface area is 102 Å². The lowest BCUT2D eigenvalue weighted by molar-refractivity contribution is 0.0901. The average molecular weight is 227 g/mol. The van der Waals surface area contributed by atoms with Crippen LogP contribution in [-0.4, -0.2) is 12.7 Å². The maximum atomic E-state index is 9.62. The first-order chi connectivity index (χ1) is 8.34. The summed E-state index contributed by atoms with van der Waals surface area (Å²) in [5.74, 6) is 0. The Bertz CT molecular complexity index is 456. The molecule has 2 unspecified atom stereocenters. The molecule has 17 heavy (non-hydrogen) atoms. The maximum Gasteiger partial charge on any atom is 0.0852 e. The van der Waals surface area contributed by atoms with Crippen LogP contribution in [-0.2, 0) is 16.6 Å². The highest BCUT2D eigenvalue weighted by atomic mass is 16.5. The summed E-state index contributed by atoms with van der Waals surface area (Å²) in [6.07, 6.45) is 5.43. The highest BCUT2D eigenvalue weighted by Crippen LogP contribution is 2.43. The molecular formula is C15H17NO. The Balaban J connectivity index is 1.91. The minimum absolute atomic E-state index is 0.286. The monoisotopic (exact) mass is 227 g/mol. The standard InChI is InChI=1S/C15H17NO/c16-11-15(10-13-5-3-9-17-13)8-7-12-4-1-2-6-14(12)15/h1-2,4,6,13H,3,5,7-10H2. The van der Waals surface area contributed by atoms with E-state index in [1.807, 2.05) is 6.07 Å². The van der Waals surface area contributed by atoms with Gasteiger partial charge >= 0.3 is 0 Å². The second-order valence-electron chi connectivity index (χ2n) is 5.19. The molecule has 1 aliphatic carbocycles. The molecule has 2 nitrogen and oxygen atoms in total. The second-order valence-corrected chi connectivity index (χ2v) is 5.19. The number of rotatable bonds is 2. The van der Waals surface area contributed by atoms with Gasteiger partial charge in [0.05, 0.1) is 17.6 Å². The lowest BCUT2D eigenvalue weighted by atomic mass is 9.78. The second kappa shape index (κ2) is 4.16. The predicted molar refractivity (Wildman–Crippen MR) is 65.6 cm³/mol. The molecule has 1 aromatic rings. The van der Waals surface area contributed by atoms with Crippen molar-refractivity contribution in [1.29, 1.82) is 5.26 Å². The van der Waals surface area contributed by atoms with Crippen molar-refractivity contribution >= 4 is 0 Å². The molecule has 0 spiro atoms. The lowest BCUT2D eigenvalue weighted by Crippen LogP contribution is -2.27. The van der Waals surface area contributed by atoms with Crippen LogP contribution < -0.4 is 0 Å². The molecule has 0 bridgehead atoms. The quantitative estimate of drug-likeness (QED) is 0.778. The normalized spacial score (nSPS) is 31.1. The van der Waals surface area contributed by atoms with Crippen molar-refractivity contribution in [3.05, 3.63) is 35.4 Å². The van der Waals surface area contributed by atoms with Crippen LogP contribution in [0.5, 0.6) is 0 Å². The summed E-state index contributed by atoms with van der Waals surface area (Å²) in [5, 5.41) is 9.62. The average Bonchev–Trinajstić information content (AvgIpc) is 2.99. The zero-order valence-electron chi connectivity index (χ0n) is 9.98. The van der Waals surface area contributed by atoms with Gasteiger partial charge in [-0.1, -0.05) is 24.3 Å². The van der Waals surface area contributed by atoms with E-state index in [0.717, 1.165) is 38.7 Å². The van der Waals surface area contributed by atoms with Gasteiger partial charge in [-0.15, -0.1) is 0 Å². The number of hydrogen-bond acceptors (Lipinski definition) is 2. The number of fused-ring (bicyclic) bond motifs is 1. The Morgan fingerprint density at radius 3 is 3.06 bits per heavy atom. The molecule has 0 radical (unpaired) electrons. The summed E-state index contributed by atoms with van der Waals surface area (Å²) in [7, 11) is 0. The van der Waals surface area contributed by atoms with Gasteiger partial charge in [0.15, 0.2) is 0 Å². The molecule has 2 aliphatic rings. The lowest BCUT2D eigenvalue weighted by Gasteiger charge is -2.25. The van der Waals surface area contributed by atoms with Crippen LogP contribution in [0.4, 0.5) is 0 Å². The van der Waals surface area contributed by atoms with Crippen molar-refractivity contribution in [2.24, 2.45) is 0 Å². The van der Waals surface area contributed by atoms with Gasteiger partial charge in [-0.3, -0.25) is 0 Å². The van der Waals surface area contributed by atoms with Crippen molar-refractivity contribution in [1.82, 2.24) is 0 Å². The van der Waals surface area contributed by atoms with Crippen LogP contribution in [0.2, 0.25) is 0 Å². The molecule has 1 fully saturated rings. The molecule has 2 heteroatoms. The molecule has 0 saturated carbocycles. The third kappa shape index (κ3) is 1.75.